The first-order valence-electron chi connectivity index (χ1n) is 5.60. The van der Waals surface area contributed by atoms with E-state index in [2.05, 4.69) is 4.98 Å². The second-order valence-electron chi connectivity index (χ2n) is 4.31. The molecule has 4 nitrogen and oxygen atoms in total. The van der Waals surface area contributed by atoms with Crippen molar-refractivity contribution in [2.24, 2.45) is 5.73 Å². The lowest BCUT2D eigenvalue weighted by Crippen LogP contribution is -2.27. The number of hydrogen-bond acceptors (Lipinski definition) is 4. The molecule has 1 aliphatic heterocycles. The topological polar surface area (TPSA) is 59.2 Å². The SMILES string of the molecule is NC1CC(=O)N(Cc2nc3ccccc3s2)C1. The van der Waals surface area contributed by atoms with E-state index in [1.807, 2.05) is 24.3 Å². The van der Waals surface area contributed by atoms with E-state index in [4.69, 9.17) is 5.73 Å². The lowest BCUT2D eigenvalue weighted by molar-refractivity contribution is -0.128. The number of nitrogens with zero attached hydrogens (tertiary/aromatic N) is 2. The molecular weight excluding hydrogens is 234 g/mol. The molecule has 2 aromatic rings. The molecule has 88 valence electrons. The summed E-state index contributed by atoms with van der Waals surface area (Å²) in [4.78, 5) is 17.9. The van der Waals surface area contributed by atoms with E-state index in [0.717, 1.165) is 10.5 Å². The highest BCUT2D eigenvalue weighted by Gasteiger charge is 2.27. The summed E-state index contributed by atoms with van der Waals surface area (Å²) in [6, 6.07) is 8.00. The fourth-order valence-electron chi connectivity index (χ4n) is 2.11. The maximum atomic E-state index is 11.6. The van der Waals surface area contributed by atoms with Crippen LogP contribution in [0.3, 0.4) is 0 Å². The van der Waals surface area contributed by atoms with Gasteiger partial charge in [0.05, 0.1) is 16.8 Å². The summed E-state index contributed by atoms with van der Waals surface area (Å²) in [5, 5.41) is 0.980. The van der Waals surface area contributed by atoms with Crippen LogP contribution in [0, 0.1) is 0 Å². The van der Waals surface area contributed by atoms with Gasteiger partial charge in [0, 0.05) is 19.0 Å². The van der Waals surface area contributed by atoms with Gasteiger partial charge in [-0.3, -0.25) is 4.79 Å². The van der Waals surface area contributed by atoms with Gasteiger partial charge in [0.1, 0.15) is 5.01 Å². The average molecular weight is 247 g/mol. The molecule has 1 saturated heterocycles. The van der Waals surface area contributed by atoms with Crippen LogP contribution < -0.4 is 5.73 Å². The molecule has 17 heavy (non-hydrogen) atoms. The van der Waals surface area contributed by atoms with Gasteiger partial charge in [-0.2, -0.15) is 0 Å². The lowest BCUT2D eigenvalue weighted by atomic mass is 10.3. The van der Waals surface area contributed by atoms with Crippen molar-refractivity contribution in [1.82, 2.24) is 9.88 Å². The number of hydrogen-bond donors (Lipinski definition) is 1. The molecule has 1 aromatic heterocycles. The smallest absolute Gasteiger partial charge is 0.224 e. The summed E-state index contributed by atoms with van der Waals surface area (Å²) in [5.41, 5.74) is 6.77. The van der Waals surface area contributed by atoms with E-state index in [0.29, 0.717) is 19.5 Å². The van der Waals surface area contributed by atoms with E-state index in [1.165, 1.54) is 4.70 Å². The minimum absolute atomic E-state index is 0.0168. The molecule has 1 amide bonds. The van der Waals surface area contributed by atoms with Gasteiger partial charge in [-0.1, -0.05) is 12.1 Å². The fourth-order valence-corrected chi connectivity index (χ4v) is 3.09. The van der Waals surface area contributed by atoms with Crippen molar-refractivity contribution in [3.8, 4) is 0 Å². The Labute approximate surface area is 103 Å². The number of nitrogens with two attached hydrogens (primary N) is 1. The standard InChI is InChI=1S/C12H13N3OS/c13-8-5-12(16)15(6-8)7-11-14-9-3-1-2-4-10(9)17-11/h1-4,8H,5-7,13H2. The molecule has 1 atom stereocenters. The quantitative estimate of drug-likeness (QED) is 0.871. The van der Waals surface area contributed by atoms with Crippen molar-refractivity contribution >= 4 is 27.5 Å². The Bertz CT molecular complexity index is 533. The van der Waals surface area contributed by atoms with Crippen LogP contribution in [-0.4, -0.2) is 28.4 Å². The summed E-state index contributed by atoms with van der Waals surface area (Å²) < 4.78 is 1.17. The molecule has 0 aliphatic carbocycles. The van der Waals surface area contributed by atoms with Crippen LogP contribution in [0.15, 0.2) is 24.3 Å². The van der Waals surface area contributed by atoms with Crippen molar-refractivity contribution < 1.29 is 4.79 Å². The fraction of sp³-hybridized carbons (Fsp3) is 0.333. The molecule has 5 heteroatoms. The highest BCUT2D eigenvalue weighted by Crippen LogP contribution is 2.23. The first-order chi connectivity index (χ1) is 8.22. The van der Waals surface area contributed by atoms with Gasteiger partial charge >= 0.3 is 0 Å². The highest BCUT2D eigenvalue weighted by molar-refractivity contribution is 7.18. The number of benzene rings is 1. The zero-order chi connectivity index (χ0) is 11.8. The molecule has 2 N–H and O–H groups in total. The van der Waals surface area contributed by atoms with Crippen LogP contribution in [-0.2, 0) is 11.3 Å². The first kappa shape index (κ1) is 10.7. The zero-order valence-electron chi connectivity index (χ0n) is 9.30. The van der Waals surface area contributed by atoms with Gasteiger partial charge in [0.25, 0.3) is 0 Å². The summed E-state index contributed by atoms with van der Waals surface area (Å²) in [7, 11) is 0. The number of likely N-dealkylation sites (tertiary alicyclic amines) is 1. The molecule has 2 heterocycles. The van der Waals surface area contributed by atoms with E-state index in [9.17, 15) is 4.79 Å². The maximum absolute atomic E-state index is 11.6. The largest absolute Gasteiger partial charge is 0.334 e. The maximum Gasteiger partial charge on any atom is 0.224 e. The van der Waals surface area contributed by atoms with Gasteiger partial charge in [-0.25, -0.2) is 4.98 Å². The Morgan fingerprint density at radius 3 is 3.00 bits per heavy atom. The predicted molar refractivity (Wildman–Crippen MR) is 67.6 cm³/mol. The van der Waals surface area contributed by atoms with Crippen molar-refractivity contribution in [3.05, 3.63) is 29.3 Å². The van der Waals surface area contributed by atoms with Crippen LogP contribution in [0.2, 0.25) is 0 Å². The van der Waals surface area contributed by atoms with Gasteiger partial charge < -0.3 is 10.6 Å². The van der Waals surface area contributed by atoms with Gasteiger partial charge in [-0.15, -0.1) is 11.3 Å². The lowest BCUT2D eigenvalue weighted by Gasteiger charge is -2.13. The molecule has 1 unspecified atom stereocenters. The van der Waals surface area contributed by atoms with Crippen molar-refractivity contribution in [2.75, 3.05) is 6.54 Å². The average Bonchev–Trinajstić information content (AvgIpc) is 2.82. The second-order valence-corrected chi connectivity index (χ2v) is 5.43. The summed E-state index contributed by atoms with van der Waals surface area (Å²) in [5.74, 6) is 0.136. The predicted octanol–water partition coefficient (Wildman–Crippen LogP) is 1.36. The molecule has 3 rings (SSSR count). The van der Waals surface area contributed by atoms with E-state index >= 15 is 0 Å². The molecule has 0 saturated carbocycles. The third-order valence-corrected chi connectivity index (χ3v) is 3.93. The van der Waals surface area contributed by atoms with Crippen molar-refractivity contribution in [2.45, 2.75) is 19.0 Å². The Hall–Kier alpha value is -1.46. The van der Waals surface area contributed by atoms with E-state index < -0.39 is 0 Å². The first-order valence-corrected chi connectivity index (χ1v) is 6.42. The van der Waals surface area contributed by atoms with Crippen LogP contribution in [0.25, 0.3) is 10.2 Å². The van der Waals surface area contributed by atoms with Gasteiger partial charge in [0.2, 0.25) is 5.91 Å². The van der Waals surface area contributed by atoms with E-state index in [1.54, 1.807) is 16.2 Å². The minimum Gasteiger partial charge on any atom is -0.334 e. The molecule has 0 radical (unpaired) electrons. The minimum atomic E-state index is -0.0168. The van der Waals surface area contributed by atoms with Crippen LogP contribution in [0.4, 0.5) is 0 Å². The number of thiazole rings is 1. The number of rotatable bonds is 2. The number of fused-ring (bicyclic) bond motifs is 1. The molecule has 0 bridgehead atoms. The van der Waals surface area contributed by atoms with Crippen LogP contribution >= 0.6 is 11.3 Å². The van der Waals surface area contributed by atoms with Crippen LogP contribution in [0.1, 0.15) is 11.4 Å². The molecule has 0 spiro atoms. The zero-order valence-corrected chi connectivity index (χ0v) is 10.1. The van der Waals surface area contributed by atoms with Crippen LogP contribution in [0.5, 0.6) is 0 Å². The Kier molecular flexibility index (Phi) is 2.57. The number of para-hydroxylation sites is 1. The second kappa shape index (κ2) is 4.09. The Balaban J connectivity index is 1.83. The summed E-state index contributed by atoms with van der Waals surface area (Å²) >= 11 is 1.64. The van der Waals surface area contributed by atoms with Gasteiger partial charge in [-0.05, 0) is 12.1 Å². The Morgan fingerprint density at radius 1 is 1.47 bits per heavy atom. The number of aromatic nitrogens is 1. The number of carbonyl (C=O) groups excluding carboxylic acids is 1. The Morgan fingerprint density at radius 2 is 2.29 bits per heavy atom. The normalized spacial score (nSPS) is 20.4. The number of carbonyl (C=O) groups is 1. The molecule has 1 aliphatic rings. The number of amides is 1. The molecule has 1 fully saturated rings. The highest BCUT2D eigenvalue weighted by atomic mass is 32.1. The van der Waals surface area contributed by atoms with Crippen molar-refractivity contribution in [3.63, 3.8) is 0 Å². The van der Waals surface area contributed by atoms with Crippen molar-refractivity contribution in [1.29, 1.82) is 0 Å². The van der Waals surface area contributed by atoms with E-state index in [-0.39, 0.29) is 11.9 Å². The van der Waals surface area contributed by atoms with Gasteiger partial charge in [0.15, 0.2) is 0 Å². The summed E-state index contributed by atoms with van der Waals surface area (Å²) in [6.07, 6.45) is 0.463. The third kappa shape index (κ3) is 2.03. The molecule has 1 aromatic carbocycles. The third-order valence-electron chi connectivity index (χ3n) is 2.91. The molecular formula is C12H13N3OS. The monoisotopic (exact) mass is 247 g/mol. The summed E-state index contributed by atoms with van der Waals surface area (Å²) in [6.45, 7) is 1.24.